The molecule has 18 heavy (non-hydrogen) atoms. The number of carboxylic acid groups (broad SMARTS) is 1. The van der Waals surface area contributed by atoms with Crippen LogP contribution >= 0.6 is 0 Å². The highest BCUT2D eigenvalue weighted by Crippen LogP contribution is 2.11. The molecule has 0 spiro atoms. The fourth-order valence-electron chi connectivity index (χ4n) is 1.59. The molecule has 1 aromatic carbocycles. The molecule has 0 aliphatic carbocycles. The van der Waals surface area contributed by atoms with E-state index in [1.54, 1.807) is 26.0 Å². The van der Waals surface area contributed by atoms with Gasteiger partial charge in [0.1, 0.15) is 12.3 Å². The molecule has 0 fully saturated rings. The van der Waals surface area contributed by atoms with Crippen molar-refractivity contribution in [2.45, 2.75) is 26.3 Å². The molecule has 0 aliphatic rings. The van der Waals surface area contributed by atoms with Crippen molar-refractivity contribution >= 4 is 11.9 Å². The Kier molecular flexibility index (Phi) is 4.71. The first-order valence-electron chi connectivity index (χ1n) is 5.69. The van der Waals surface area contributed by atoms with Crippen LogP contribution in [0.3, 0.4) is 0 Å². The maximum absolute atomic E-state index is 12.0. The monoisotopic (exact) mass is 251 g/mol. The van der Waals surface area contributed by atoms with Crippen molar-refractivity contribution in [3.8, 4) is 5.75 Å². The second-order valence-corrected chi connectivity index (χ2v) is 4.35. The Hall–Kier alpha value is -2.04. The number of hydrogen-bond acceptors (Lipinski definition) is 3. The Bertz CT molecular complexity index is 425. The van der Waals surface area contributed by atoms with Gasteiger partial charge in [0.2, 0.25) is 5.91 Å². The fourth-order valence-corrected chi connectivity index (χ4v) is 1.59. The van der Waals surface area contributed by atoms with Crippen molar-refractivity contribution in [2.24, 2.45) is 0 Å². The quantitative estimate of drug-likeness (QED) is 0.825. The smallest absolute Gasteiger partial charge is 0.323 e. The first kappa shape index (κ1) is 14.0. The maximum Gasteiger partial charge on any atom is 0.323 e. The Labute approximate surface area is 106 Å². The average Bonchev–Trinajstić information content (AvgIpc) is 2.28. The molecule has 0 aromatic heterocycles. The predicted molar refractivity (Wildman–Crippen MR) is 66.3 cm³/mol. The number of aliphatic carboxylic acids is 1. The third-order valence-electron chi connectivity index (χ3n) is 2.54. The van der Waals surface area contributed by atoms with E-state index in [1.807, 2.05) is 0 Å². The van der Waals surface area contributed by atoms with E-state index in [-0.39, 0.29) is 30.7 Å². The third-order valence-corrected chi connectivity index (χ3v) is 2.54. The lowest BCUT2D eigenvalue weighted by Crippen LogP contribution is -2.41. The van der Waals surface area contributed by atoms with Crippen LogP contribution in [-0.4, -0.2) is 39.6 Å². The second-order valence-electron chi connectivity index (χ2n) is 4.35. The molecule has 2 N–H and O–H groups in total. The number of amides is 1. The zero-order chi connectivity index (χ0) is 13.7. The van der Waals surface area contributed by atoms with Crippen LogP contribution in [0.4, 0.5) is 0 Å². The molecule has 0 saturated carbocycles. The number of nitrogens with zero attached hydrogens (tertiary/aromatic N) is 1. The molecule has 0 heterocycles. The average molecular weight is 251 g/mol. The molecule has 0 unspecified atom stereocenters. The van der Waals surface area contributed by atoms with E-state index in [9.17, 15) is 9.59 Å². The Balaban J connectivity index is 2.72. The number of rotatable bonds is 5. The molecule has 0 atom stereocenters. The van der Waals surface area contributed by atoms with Gasteiger partial charge in [0.25, 0.3) is 0 Å². The van der Waals surface area contributed by atoms with Crippen LogP contribution < -0.4 is 0 Å². The Morgan fingerprint density at radius 1 is 1.22 bits per heavy atom. The molecule has 1 aromatic rings. The van der Waals surface area contributed by atoms with Gasteiger partial charge < -0.3 is 15.1 Å². The maximum atomic E-state index is 12.0. The van der Waals surface area contributed by atoms with Crippen molar-refractivity contribution in [1.82, 2.24) is 4.90 Å². The summed E-state index contributed by atoms with van der Waals surface area (Å²) in [6.07, 6.45) is 0.131. The molecular weight excluding hydrogens is 234 g/mol. The summed E-state index contributed by atoms with van der Waals surface area (Å²) < 4.78 is 0. The number of benzene rings is 1. The number of phenols is 1. The van der Waals surface area contributed by atoms with Gasteiger partial charge in [0.15, 0.2) is 0 Å². The van der Waals surface area contributed by atoms with Gasteiger partial charge in [-0.25, -0.2) is 0 Å². The molecule has 1 amide bonds. The van der Waals surface area contributed by atoms with Gasteiger partial charge in [-0.1, -0.05) is 12.1 Å². The molecule has 0 bridgehead atoms. The summed E-state index contributed by atoms with van der Waals surface area (Å²) in [4.78, 5) is 24.0. The van der Waals surface area contributed by atoms with Crippen molar-refractivity contribution < 1.29 is 19.8 Å². The van der Waals surface area contributed by atoms with Crippen molar-refractivity contribution in [2.75, 3.05) is 6.54 Å². The van der Waals surface area contributed by atoms with Crippen LogP contribution in [0, 0.1) is 0 Å². The highest BCUT2D eigenvalue weighted by atomic mass is 16.4. The highest BCUT2D eigenvalue weighted by molar-refractivity contribution is 5.83. The van der Waals surface area contributed by atoms with E-state index in [4.69, 9.17) is 10.2 Å². The largest absolute Gasteiger partial charge is 0.508 e. The summed E-state index contributed by atoms with van der Waals surface area (Å²) in [5.41, 5.74) is 0.744. The molecule has 0 saturated heterocycles. The van der Waals surface area contributed by atoms with Crippen LogP contribution in [0.2, 0.25) is 0 Å². The van der Waals surface area contributed by atoms with Crippen molar-refractivity contribution in [3.05, 3.63) is 29.8 Å². The highest BCUT2D eigenvalue weighted by Gasteiger charge is 2.19. The van der Waals surface area contributed by atoms with Gasteiger partial charge >= 0.3 is 5.97 Å². The van der Waals surface area contributed by atoms with E-state index in [0.717, 1.165) is 5.56 Å². The molecular formula is C13H17NO4. The lowest BCUT2D eigenvalue weighted by Gasteiger charge is -2.24. The predicted octanol–water partition coefficient (Wildman–Crippen LogP) is 1.26. The Morgan fingerprint density at radius 3 is 2.22 bits per heavy atom. The van der Waals surface area contributed by atoms with Crippen LogP contribution in [0.15, 0.2) is 24.3 Å². The first-order valence-corrected chi connectivity index (χ1v) is 5.69. The zero-order valence-electron chi connectivity index (χ0n) is 10.5. The van der Waals surface area contributed by atoms with Gasteiger partial charge in [-0.3, -0.25) is 9.59 Å². The molecule has 0 aliphatic heterocycles. The van der Waals surface area contributed by atoms with Crippen LogP contribution in [0.5, 0.6) is 5.75 Å². The van der Waals surface area contributed by atoms with Crippen molar-refractivity contribution in [1.29, 1.82) is 0 Å². The number of aromatic hydroxyl groups is 1. The topological polar surface area (TPSA) is 77.8 Å². The van der Waals surface area contributed by atoms with Gasteiger partial charge in [0.05, 0.1) is 6.42 Å². The second kappa shape index (κ2) is 6.05. The minimum Gasteiger partial charge on any atom is -0.508 e. The van der Waals surface area contributed by atoms with Crippen molar-refractivity contribution in [3.63, 3.8) is 0 Å². The number of hydrogen-bond donors (Lipinski definition) is 2. The number of carboxylic acids is 1. The summed E-state index contributed by atoms with van der Waals surface area (Å²) in [6, 6.07) is 6.13. The van der Waals surface area contributed by atoms with Gasteiger partial charge in [-0.15, -0.1) is 0 Å². The van der Waals surface area contributed by atoms with Crippen LogP contribution in [0.1, 0.15) is 19.4 Å². The number of carbonyl (C=O) groups excluding carboxylic acids is 1. The standard InChI is InChI=1S/C13H17NO4/c1-9(2)14(8-13(17)18)12(16)7-10-3-5-11(15)6-4-10/h3-6,9,15H,7-8H2,1-2H3,(H,17,18). The van der Waals surface area contributed by atoms with Gasteiger partial charge in [-0.05, 0) is 31.5 Å². The minimum absolute atomic E-state index is 0.131. The summed E-state index contributed by atoms with van der Waals surface area (Å²) in [5, 5.41) is 17.9. The summed E-state index contributed by atoms with van der Waals surface area (Å²) in [7, 11) is 0. The zero-order valence-corrected chi connectivity index (χ0v) is 10.5. The lowest BCUT2D eigenvalue weighted by atomic mass is 10.1. The summed E-state index contributed by atoms with van der Waals surface area (Å²) in [6.45, 7) is 3.25. The van der Waals surface area contributed by atoms with E-state index >= 15 is 0 Å². The molecule has 5 nitrogen and oxygen atoms in total. The molecule has 5 heteroatoms. The number of phenolic OH excluding ortho intramolecular Hbond substituents is 1. The van der Waals surface area contributed by atoms with Crippen LogP contribution in [-0.2, 0) is 16.0 Å². The summed E-state index contributed by atoms with van der Waals surface area (Å²) in [5.74, 6) is -1.13. The number of carbonyl (C=O) groups is 2. The third kappa shape index (κ3) is 4.08. The first-order chi connectivity index (χ1) is 8.40. The molecule has 98 valence electrons. The van der Waals surface area contributed by atoms with E-state index < -0.39 is 5.97 Å². The minimum atomic E-state index is -1.03. The Morgan fingerprint density at radius 2 is 1.78 bits per heavy atom. The molecule has 1 rings (SSSR count). The van der Waals surface area contributed by atoms with E-state index in [2.05, 4.69) is 0 Å². The fraction of sp³-hybridized carbons (Fsp3) is 0.385. The normalized spacial score (nSPS) is 10.4. The molecule has 0 radical (unpaired) electrons. The van der Waals surface area contributed by atoms with Gasteiger partial charge in [0, 0.05) is 6.04 Å². The SMILES string of the molecule is CC(C)N(CC(=O)O)C(=O)Cc1ccc(O)cc1. The lowest BCUT2D eigenvalue weighted by molar-refractivity contribution is -0.145. The van der Waals surface area contributed by atoms with E-state index in [0.29, 0.717) is 0 Å². The van der Waals surface area contributed by atoms with Gasteiger partial charge in [-0.2, -0.15) is 0 Å². The van der Waals surface area contributed by atoms with E-state index in [1.165, 1.54) is 17.0 Å². The summed E-state index contributed by atoms with van der Waals surface area (Å²) >= 11 is 0. The van der Waals surface area contributed by atoms with Crippen LogP contribution in [0.25, 0.3) is 0 Å².